The molecule has 0 aliphatic carbocycles. The van der Waals surface area contributed by atoms with Gasteiger partial charge in [-0.1, -0.05) is 23.7 Å². The maximum absolute atomic E-state index is 11.4. The van der Waals surface area contributed by atoms with Crippen molar-refractivity contribution < 1.29 is 4.92 Å². The standard InChI is InChI=1S/C18H14ClN5O2/c1-18(2,10-20)11-3-5-12(6-4-11)23-17-13-7-16(19)22-8-14(13)21-9-15(17)24(25)26/h3-9H,1-2H3,(H,21,23). The summed E-state index contributed by atoms with van der Waals surface area (Å²) < 4.78 is 0. The number of hydrogen-bond acceptors (Lipinski definition) is 6. The molecule has 8 heteroatoms. The zero-order valence-electron chi connectivity index (χ0n) is 14.0. The first-order valence-electron chi connectivity index (χ1n) is 7.69. The Morgan fingerprint density at radius 2 is 1.92 bits per heavy atom. The number of fused-ring (bicyclic) bond motifs is 1. The summed E-state index contributed by atoms with van der Waals surface area (Å²) in [7, 11) is 0. The molecule has 0 saturated carbocycles. The van der Waals surface area contributed by atoms with Crippen molar-refractivity contribution in [2.75, 3.05) is 5.32 Å². The maximum Gasteiger partial charge on any atom is 0.311 e. The average molecular weight is 368 g/mol. The highest BCUT2D eigenvalue weighted by Crippen LogP contribution is 2.35. The van der Waals surface area contributed by atoms with Crippen molar-refractivity contribution in [1.82, 2.24) is 9.97 Å². The molecule has 0 amide bonds. The molecule has 0 fully saturated rings. The summed E-state index contributed by atoms with van der Waals surface area (Å²) in [6.07, 6.45) is 2.65. The van der Waals surface area contributed by atoms with Gasteiger partial charge in [-0.15, -0.1) is 0 Å². The Balaban J connectivity index is 2.08. The minimum atomic E-state index is -0.618. The highest BCUT2D eigenvalue weighted by Gasteiger charge is 2.21. The van der Waals surface area contributed by atoms with Crippen molar-refractivity contribution in [3.8, 4) is 6.07 Å². The Morgan fingerprint density at radius 3 is 2.54 bits per heavy atom. The first-order valence-corrected chi connectivity index (χ1v) is 8.07. The quantitative estimate of drug-likeness (QED) is 0.405. The van der Waals surface area contributed by atoms with Crippen molar-refractivity contribution in [1.29, 1.82) is 5.26 Å². The summed E-state index contributed by atoms with van der Waals surface area (Å²) in [6, 6.07) is 10.9. The van der Waals surface area contributed by atoms with Crippen LogP contribution in [0.5, 0.6) is 0 Å². The molecular formula is C18H14ClN5O2. The number of anilines is 2. The lowest BCUT2D eigenvalue weighted by atomic mass is 9.86. The number of nitro groups is 1. The largest absolute Gasteiger partial charge is 0.349 e. The van der Waals surface area contributed by atoms with Gasteiger partial charge in [0.2, 0.25) is 0 Å². The molecule has 0 aliphatic heterocycles. The number of aromatic nitrogens is 2. The van der Waals surface area contributed by atoms with Gasteiger partial charge in [0.25, 0.3) is 0 Å². The van der Waals surface area contributed by atoms with Gasteiger partial charge in [-0.3, -0.25) is 10.1 Å². The summed E-state index contributed by atoms with van der Waals surface area (Å²) in [6.45, 7) is 3.65. The Labute approximate surface area is 154 Å². The van der Waals surface area contributed by atoms with Gasteiger partial charge in [-0.25, -0.2) is 9.97 Å². The van der Waals surface area contributed by atoms with Crippen LogP contribution in [0.2, 0.25) is 5.15 Å². The van der Waals surface area contributed by atoms with Crippen molar-refractivity contribution in [2.24, 2.45) is 0 Å². The summed E-state index contributed by atoms with van der Waals surface area (Å²) >= 11 is 5.95. The molecular weight excluding hydrogens is 354 g/mol. The van der Waals surface area contributed by atoms with E-state index in [0.717, 1.165) is 5.56 Å². The lowest BCUT2D eigenvalue weighted by Gasteiger charge is -2.16. The van der Waals surface area contributed by atoms with E-state index in [1.54, 1.807) is 12.1 Å². The second-order valence-electron chi connectivity index (χ2n) is 6.24. The third-order valence-corrected chi connectivity index (χ3v) is 4.26. The van der Waals surface area contributed by atoms with E-state index >= 15 is 0 Å². The predicted octanol–water partition coefficient (Wildman–Crippen LogP) is 4.74. The molecule has 0 aliphatic rings. The van der Waals surface area contributed by atoms with Crippen LogP contribution in [0, 0.1) is 21.4 Å². The Hall–Kier alpha value is -3.24. The molecule has 0 unspecified atom stereocenters. The summed E-state index contributed by atoms with van der Waals surface area (Å²) in [4.78, 5) is 18.9. The third-order valence-electron chi connectivity index (χ3n) is 4.05. The molecule has 1 aromatic carbocycles. The van der Waals surface area contributed by atoms with Gasteiger partial charge in [-0.2, -0.15) is 5.26 Å². The van der Waals surface area contributed by atoms with Crippen LogP contribution in [-0.4, -0.2) is 14.9 Å². The fourth-order valence-electron chi connectivity index (χ4n) is 2.51. The smallest absolute Gasteiger partial charge is 0.311 e. The number of hydrogen-bond donors (Lipinski definition) is 1. The van der Waals surface area contributed by atoms with Crippen LogP contribution in [0.25, 0.3) is 10.9 Å². The number of halogens is 1. The summed E-state index contributed by atoms with van der Waals surface area (Å²) in [5.41, 5.74) is 1.49. The van der Waals surface area contributed by atoms with Crippen LogP contribution in [0.3, 0.4) is 0 Å². The van der Waals surface area contributed by atoms with Crippen molar-refractivity contribution in [3.05, 3.63) is 63.6 Å². The number of nitrogens with zero attached hydrogens (tertiary/aromatic N) is 4. The van der Waals surface area contributed by atoms with E-state index in [1.807, 2.05) is 26.0 Å². The molecule has 0 radical (unpaired) electrons. The minimum absolute atomic E-state index is 0.166. The van der Waals surface area contributed by atoms with Gasteiger partial charge in [0.05, 0.1) is 28.1 Å². The Kier molecular flexibility index (Phi) is 4.45. The van der Waals surface area contributed by atoms with Crippen molar-refractivity contribution in [3.63, 3.8) is 0 Å². The van der Waals surface area contributed by atoms with Gasteiger partial charge < -0.3 is 5.32 Å². The summed E-state index contributed by atoms with van der Waals surface area (Å²) in [5.74, 6) is 0. The highest BCUT2D eigenvalue weighted by atomic mass is 35.5. The zero-order valence-corrected chi connectivity index (χ0v) is 14.8. The predicted molar refractivity (Wildman–Crippen MR) is 99.6 cm³/mol. The SMILES string of the molecule is CC(C)(C#N)c1ccc(Nc2c([N+](=O)[O-])cnc3cnc(Cl)cc23)cc1. The molecule has 26 heavy (non-hydrogen) atoms. The molecule has 0 saturated heterocycles. The van der Waals surface area contributed by atoms with Gasteiger partial charge in [0, 0.05) is 11.1 Å². The summed E-state index contributed by atoms with van der Waals surface area (Å²) in [5, 5.41) is 24.4. The van der Waals surface area contributed by atoms with Crippen LogP contribution in [0.1, 0.15) is 19.4 Å². The van der Waals surface area contributed by atoms with Crippen LogP contribution in [-0.2, 0) is 5.41 Å². The lowest BCUT2D eigenvalue weighted by Crippen LogP contribution is -2.13. The Morgan fingerprint density at radius 1 is 1.23 bits per heavy atom. The van der Waals surface area contributed by atoms with E-state index in [2.05, 4.69) is 21.4 Å². The molecule has 130 valence electrons. The monoisotopic (exact) mass is 367 g/mol. The molecule has 1 N–H and O–H groups in total. The maximum atomic E-state index is 11.4. The Bertz CT molecular complexity index is 1040. The van der Waals surface area contributed by atoms with E-state index in [9.17, 15) is 15.4 Å². The first-order chi connectivity index (χ1) is 12.3. The molecule has 3 rings (SSSR count). The fourth-order valence-corrected chi connectivity index (χ4v) is 2.67. The normalized spacial score (nSPS) is 11.2. The molecule has 7 nitrogen and oxygen atoms in total. The van der Waals surface area contributed by atoms with E-state index < -0.39 is 10.3 Å². The second-order valence-corrected chi connectivity index (χ2v) is 6.63. The number of nitriles is 1. The number of rotatable bonds is 4. The van der Waals surface area contributed by atoms with Crippen LogP contribution < -0.4 is 5.32 Å². The van der Waals surface area contributed by atoms with E-state index in [4.69, 9.17) is 11.6 Å². The van der Waals surface area contributed by atoms with Gasteiger partial charge in [0.1, 0.15) is 17.0 Å². The van der Waals surface area contributed by atoms with E-state index in [1.165, 1.54) is 18.5 Å². The fraction of sp³-hybridized carbons (Fsp3) is 0.167. The topological polar surface area (TPSA) is 105 Å². The molecule has 2 aromatic heterocycles. The number of nitrogens with one attached hydrogen (secondary N) is 1. The first kappa shape index (κ1) is 17.6. The van der Waals surface area contributed by atoms with Crippen molar-refractivity contribution >= 4 is 39.6 Å². The average Bonchev–Trinajstić information content (AvgIpc) is 2.62. The third kappa shape index (κ3) is 3.27. The van der Waals surface area contributed by atoms with E-state index in [0.29, 0.717) is 16.6 Å². The minimum Gasteiger partial charge on any atom is -0.349 e. The molecule has 0 atom stereocenters. The van der Waals surface area contributed by atoms with Gasteiger partial charge >= 0.3 is 5.69 Å². The molecule has 0 bridgehead atoms. The zero-order chi connectivity index (χ0) is 18.9. The highest BCUT2D eigenvalue weighted by molar-refractivity contribution is 6.30. The molecule has 0 spiro atoms. The molecule has 2 heterocycles. The van der Waals surface area contributed by atoms with Gasteiger partial charge in [0.15, 0.2) is 0 Å². The number of benzene rings is 1. The molecule has 3 aromatic rings. The van der Waals surface area contributed by atoms with Crippen molar-refractivity contribution in [2.45, 2.75) is 19.3 Å². The van der Waals surface area contributed by atoms with Crippen LogP contribution >= 0.6 is 11.6 Å². The lowest BCUT2D eigenvalue weighted by molar-refractivity contribution is -0.384. The number of pyridine rings is 2. The van der Waals surface area contributed by atoms with Gasteiger partial charge in [-0.05, 0) is 37.6 Å². The second kappa shape index (κ2) is 6.58. The van der Waals surface area contributed by atoms with E-state index in [-0.39, 0.29) is 16.5 Å². The van der Waals surface area contributed by atoms with Crippen LogP contribution in [0.4, 0.5) is 17.1 Å². The van der Waals surface area contributed by atoms with Crippen LogP contribution in [0.15, 0.2) is 42.7 Å².